The zero-order valence-electron chi connectivity index (χ0n) is 13.1. The summed E-state index contributed by atoms with van der Waals surface area (Å²) in [6, 6.07) is 8.28. The zero-order valence-corrected chi connectivity index (χ0v) is 13.9. The van der Waals surface area contributed by atoms with Crippen LogP contribution in [-0.2, 0) is 22.5 Å². The molecule has 1 aromatic carbocycles. The maximum absolute atomic E-state index is 11.8. The number of esters is 1. The van der Waals surface area contributed by atoms with Gasteiger partial charge in [-0.15, -0.1) is 0 Å². The number of nitrogens with two attached hydrogens (primary N) is 1. The molecule has 1 aromatic rings. The number of carbonyl (C=O) groups is 1. The maximum Gasteiger partial charge on any atom is 0.309 e. The molecule has 0 atom stereocenters. The molecule has 2 N–H and O–H groups in total. The van der Waals surface area contributed by atoms with E-state index in [9.17, 15) is 4.79 Å². The molecule has 5 heteroatoms. The van der Waals surface area contributed by atoms with Crippen molar-refractivity contribution in [3.8, 4) is 0 Å². The van der Waals surface area contributed by atoms with Crippen molar-refractivity contribution in [2.75, 3.05) is 19.7 Å². The second-order valence-corrected chi connectivity index (χ2v) is 6.24. The lowest BCUT2D eigenvalue weighted by Crippen LogP contribution is -2.36. The molecule has 120 valence electrons. The van der Waals surface area contributed by atoms with Crippen LogP contribution in [0.15, 0.2) is 24.3 Å². The Labute approximate surface area is 137 Å². The minimum atomic E-state index is -0.0453. The topological polar surface area (TPSA) is 55.6 Å². The quantitative estimate of drug-likeness (QED) is 0.644. The van der Waals surface area contributed by atoms with Crippen LogP contribution < -0.4 is 5.73 Å². The number of rotatable bonds is 6. The number of hydrogen-bond donors (Lipinski definition) is 1. The van der Waals surface area contributed by atoms with Gasteiger partial charge in [0, 0.05) is 13.0 Å². The molecule has 1 fully saturated rings. The van der Waals surface area contributed by atoms with Crippen LogP contribution in [0.4, 0.5) is 0 Å². The van der Waals surface area contributed by atoms with Crippen molar-refractivity contribution in [3.05, 3.63) is 35.4 Å². The first-order valence-corrected chi connectivity index (χ1v) is 8.25. The summed E-state index contributed by atoms with van der Waals surface area (Å²) in [6.07, 6.45) is 2.39. The Hall–Kier alpha value is -1.46. The number of hydrogen-bond acceptors (Lipinski definition) is 4. The van der Waals surface area contributed by atoms with Gasteiger partial charge in [-0.25, -0.2) is 0 Å². The number of carbonyl (C=O) groups excluding carboxylic acids is 1. The molecule has 0 aromatic heterocycles. The standard InChI is InChI=1S/C17H24N2O2S/c1-2-21-17(20)13-7-9-19(10-8-13)12-15-6-4-3-5-14(15)11-16(18)22/h3-6,13H,2,7-12H2,1H3,(H2,18,22). The maximum atomic E-state index is 11.8. The lowest BCUT2D eigenvalue weighted by molar-refractivity contribution is -0.149. The molecule has 0 spiro atoms. The Bertz CT molecular complexity index is 525. The highest BCUT2D eigenvalue weighted by Gasteiger charge is 2.26. The van der Waals surface area contributed by atoms with Crippen LogP contribution in [0.3, 0.4) is 0 Å². The van der Waals surface area contributed by atoms with Crippen molar-refractivity contribution < 1.29 is 9.53 Å². The van der Waals surface area contributed by atoms with Crippen molar-refractivity contribution >= 4 is 23.2 Å². The molecule has 1 aliphatic heterocycles. The number of nitrogens with zero attached hydrogens (tertiary/aromatic N) is 1. The monoisotopic (exact) mass is 320 g/mol. The summed E-state index contributed by atoms with van der Waals surface area (Å²) in [5.41, 5.74) is 8.14. The number of piperidine rings is 1. The summed E-state index contributed by atoms with van der Waals surface area (Å²) in [5.74, 6) is 0.0130. The van der Waals surface area contributed by atoms with Crippen LogP contribution in [0.25, 0.3) is 0 Å². The van der Waals surface area contributed by atoms with Gasteiger partial charge in [0.05, 0.1) is 17.5 Å². The average molecular weight is 320 g/mol. The molecule has 0 amide bonds. The van der Waals surface area contributed by atoms with Crippen LogP contribution in [0, 0.1) is 5.92 Å². The Morgan fingerprint density at radius 1 is 1.32 bits per heavy atom. The van der Waals surface area contributed by atoms with E-state index in [2.05, 4.69) is 17.0 Å². The lowest BCUT2D eigenvalue weighted by Gasteiger charge is -2.31. The van der Waals surface area contributed by atoms with Crippen LogP contribution >= 0.6 is 12.2 Å². The first kappa shape index (κ1) is 16.9. The van der Waals surface area contributed by atoms with E-state index in [-0.39, 0.29) is 11.9 Å². The largest absolute Gasteiger partial charge is 0.466 e. The molecule has 1 saturated heterocycles. The van der Waals surface area contributed by atoms with E-state index in [0.717, 1.165) is 32.5 Å². The highest BCUT2D eigenvalue weighted by Crippen LogP contribution is 2.21. The number of likely N-dealkylation sites (tertiary alicyclic amines) is 1. The van der Waals surface area contributed by atoms with Gasteiger partial charge in [0.25, 0.3) is 0 Å². The smallest absolute Gasteiger partial charge is 0.309 e. The summed E-state index contributed by atoms with van der Waals surface area (Å²) < 4.78 is 5.11. The SMILES string of the molecule is CCOC(=O)C1CCN(Cc2ccccc2CC(N)=S)CC1. The van der Waals surface area contributed by atoms with Gasteiger partial charge in [0.2, 0.25) is 0 Å². The predicted octanol–water partition coefficient (Wildman–Crippen LogP) is 2.29. The van der Waals surface area contributed by atoms with Gasteiger partial charge in [-0.2, -0.15) is 0 Å². The number of thiocarbonyl (C=S) groups is 1. The van der Waals surface area contributed by atoms with E-state index >= 15 is 0 Å². The minimum Gasteiger partial charge on any atom is -0.466 e. The molecule has 4 nitrogen and oxygen atoms in total. The van der Waals surface area contributed by atoms with Gasteiger partial charge in [-0.3, -0.25) is 9.69 Å². The third kappa shape index (κ3) is 4.78. The second-order valence-electron chi connectivity index (χ2n) is 5.71. The molecule has 0 aliphatic carbocycles. The summed E-state index contributed by atoms with van der Waals surface area (Å²) in [4.78, 5) is 14.7. The van der Waals surface area contributed by atoms with Gasteiger partial charge in [-0.1, -0.05) is 36.5 Å². The average Bonchev–Trinajstić information content (AvgIpc) is 2.50. The fourth-order valence-corrected chi connectivity index (χ4v) is 3.06. The highest BCUT2D eigenvalue weighted by molar-refractivity contribution is 7.80. The van der Waals surface area contributed by atoms with E-state index < -0.39 is 0 Å². The Morgan fingerprint density at radius 2 is 1.95 bits per heavy atom. The second kappa shape index (κ2) is 8.25. The molecule has 2 rings (SSSR count). The molecule has 1 aliphatic rings. The summed E-state index contributed by atoms with van der Waals surface area (Å²) in [6.45, 7) is 5.04. The Balaban J connectivity index is 1.91. The van der Waals surface area contributed by atoms with E-state index in [1.165, 1.54) is 11.1 Å². The minimum absolute atomic E-state index is 0.0453. The zero-order chi connectivity index (χ0) is 15.9. The van der Waals surface area contributed by atoms with E-state index in [1.54, 1.807) is 0 Å². The van der Waals surface area contributed by atoms with Gasteiger partial charge in [0.1, 0.15) is 0 Å². The van der Waals surface area contributed by atoms with Crippen LogP contribution in [0.2, 0.25) is 0 Å². The summed E-state index contributed by atoms with van der Waals surface area (Å²) in [7, 11) is 0. The number of benzene rings is 1. The van der Waals surface area contributed by atoms with Gasteiger partial charge in [0.15, 0.2) is 0 Å². The van der Waals surface area contributed by atoms with Crippen molar-refractivity contribution in [2.24, 2.45) is 11.7 Å². The third-order valence-corrected chi connectivity index (χ3v) is 4.23. The summed E-state index contributed by atoms with van der Waals surface area (Å²) in [5, 5.41) is 0. The fourth-order valence-electron chi connectivity index (χ4n) is 2.90. The lowest BCUT2D eigenvalue weighted by atomic mass is 9.96. The molecular formula is C17H24N2O2S. The molecular weight excluding hydrogens is 296 g/mol. The molecule has 22 heavy (non-hydrogen) atoms. The fraction of sp³-hybridized carbons (Fsp3) is 0.529. The van der Waals surface area contributed by atoms with Crippen LogP contribution in [0.5, 0.6) is 0 Å². The van der Waals surface area contributed by atoms with Crippen LogP contribution in [0.1, 0.15) is 30.9 Å². The van der Waals surface area contributed by atoms with E-state index in [1.807, 2.05) is 19.1 Å². The molecule has 0 unspecified atom stereocenters. The summed E-state index contributed by atoms with van der Waals surface area (Å²) >= 11 is 5.02. The number of ether oxygens (including phenoxy) is 1. The van der Waals surface area contributed by atoms with Gasteiger partial charge in [-0.05, 0) is 44.0 Å². The van der Waals surface area contributed by atoms with E-state index in [4.69, 9.17) is 22.7 Å². The highest BCUT2D eigenvalue weighted by atomic mass is 32.1. The molecule has 0 saturated carbocycles. The van der Waals surface area contributed by atoms with Crippen LogP contribution in [-0.4, -0.2) is 35.6 Å². The predicted molar refractivity (Wildman–Crippen MR) is 91.6 cm³/mol. The van der Waals surface area contributed by atoms with E-state index in [0.29, 0.717) is 18.0 Å². The Morgan fingerprint density at radius 3 is 2.55 bits per heavy atom. The molecule has 0 radical (unpaired) electrons. The Kier molecular flexibility index (Phi) is 6.34. The normalized spacial score (nSPS) is 16.4. The van der Waals surface area contributed by atoms with Gasteiger partial charge >= 0.3 is 5.97 Å². The van der Waals surface area contributed by atoms with Crippen molar-refractivity contribution in [2.45, 2.75) is 32.7 Å². The molecule has 0 bridgehead atoms. The van der Waals surface area contributed by atoms with Gasteiger partial charge < -0.3 is 10.5 Å². The van der Waals surface area contributed by atoms with Crippen molar-refractivity contribution in [3.63, 3.8) is 0 Å². The first-order valence-electron chi connectivity index (χ1n) is 7.84. The first-order chi connectivity index (χ1) is 10.6. The molecule has 1 heterocycles. The third-order valence-electron chi connectivity index (χ3n) is 4.08. The van der Waals surface area contributed by atoms with Crippen molar-refractivity contribution in [1.82, 2.24) is 4.90 Å². The van der Waals surface area contributed by atoms with Crippen molar-refractivity contribution in [1.29, 1.82) is 0 Å².